The minimum Gasteiger partial charge on any atom is -0.460 e. The largest absolute Gasteiger partial charge is 0.494 e. The molecule has 6 nitrogen and oxygen atoms in total. The van der Waals surface area contributed by atoms with E-state index in [1.54, 1.807) is 12.1 Å². The second-order valence-corrected chi connectivity index (χ2v) is 9.95. The zero-order valence-electron chi connectivity index (χ0n) is 17.3. The molecule has 1 N–H and O–H groups in total. The molecule has 1 saturated heterocycles. The van der Waals surface area contributed by atoms with Crippen molar-refractivity contribution < 1.29 is 23.0 Å². The average molecular weight is 395 g/mol. The van der Waals surface area contributed by atoms with E-state index in [0.29, 0.717) is 4.90 Å². The normalized spacial score (nSPS) is 19.7. The van der Waals surface area contributed by atoms with Gasteiger partial charge in [-0.3, -0.25) is 4.79 Å². The zero-order chi connectivity index (χ0) is 20.5. The average Bonchev–Trinajstić information content (AvgIpc) is 2.73. The molecule has 0 spiro atoms. The number of nitrogens with one attached hydrogen (secondary N) is 1. The van der Waals surface area contributed by atoms with Crippen LogP contribution >= 0.6 is 0 Å². The molecule has 1 fully saturated rings. The third kappa shape index (κ3) is 5.88. The first kappa shape index (κ1) is 22.1. The van der Waals surface area contributed by atoms with Gasteiger partial charge in [-0.05, 0) is 66.1 Å². The molecule has 0 saturated carbocycles. The summed E-state index contributed by atoms with van der Waals surface area (Å²) in [6, 6.07) is 7.25. The van der Waals surface area contributed by atoms with E-state index in [1.165, 1.54) is 0 Å². The van der Waals surface area contributed by atoms with E-state index in [-0.39, 0.29) is 18.9 Å². The van der Waals surface area contributed by atoms with E-state index < -0.39 is 34.9 Å². The fraction of sp³-hybridized carbons (Fsp3) is 0.632. The van der Waals surface area contributed by atoms with Gasteiger partial charge in [0.2, 0.25) is 0 Å². The van der Waals surface area contributed by atoms with Gasteiger partial charge in [-0.25, -0.2) is 8.93 Å². The Morgan fingerprint density at radius 3 is 2.11 bits per heavy atom. The van der Waals surface area contributed by atoms with Crippen molar-refractivity contribution in [3.05, 3.63) is 24.3 Å². The molecule has 2 rings (SSSR count). The molecular formula is C19H30BNO5S. The maximum absolute atomic E-state index is 12.3. The highest BCUT2D eigenvalue weighted by Gasteiger charge is 2.51. The minimum atomic E-state index is -1.40. The summed E-state index contributed by atoms with van der Waals surface area (Å²) in [7, 11) is -1.85. The number of rotatable bonds is 6. The third-order valence-corrected chi connectivity index (χ3v) is 5.77. The summed E-state index contributed by atoms with van der Waals surface area (Å²) < 4.78 is 32.4. The lowest BCUT2D eigenvalue weighted by Gasteiger charge is -2.32. The molecule has 0 aliphatic carbocycles. The van der Waals surface area contributed by atoms with Crippen LogP contribution in [-0.4, -0.2) is 40.6 Å². The van der Waals surface area contributed by atoms with Crippen LogP contribution in [0.1, 0.15) is 54.9 Å². The van der Waals surface area contributed by atoms with Crippen LogP contribution < -0.4 is 10.2 Å². The number of esters is 1. The van der Waals surface area contributed by atoms with Crippen molar-refractivity contribution in [1.29, 1.82) is 0 Å². The molecule has 0 amide bonds. The quantitative estimate of drug-likeness (QED) is 0.591. The van der Waals surface area contributed by atoms with Crippen LogP contribution in [0.15, 0.2) is 29.2 Å². The molecule has 27 heavy (non-hydrogen) atoms. The highest BCUT2D eigenvalue weighted by molar-refractivity contribution is 7.83. The van der Waals surface area contributed by atoms with Crippen molar-refractivity contribution in [3.8, 4) is 0 Å². The van der Waals surface area contributed by atoms with Gasteiger partial charge in [-0.2, -0.15) is 0 Å². The Morgan fingerprint density at radius 2 is 1.63 bits per heavy atom. The van der Waals surface area contributed by atoms with Gasteiger partial charge in [-0.15, -0.1) is 0 Å². The second kappa shape index (κ2) is 8.03. The van der Waals surface area contributed by atoms with Gasteiger partial charge in [0.15, 0.2) is 0 Å². The fourth-order valence-electron chi connectivity index (χ4n) is 2.45. The number of benzene rings is 1. The van der Waals surface area contributed by atoms with Crippen LogP contribution in [-0.2, 0) is 29.8 Å². The van der Waals surface area contributed by atoms with Crippen LogP contribution in [0.2, 0.25) is 0 Å². The van der Waals surface area contributed by atoms with Crippen molar-refractivity contribution in [2.24, 2.45) is 0 Å². The van der Waals surface area contributed by atoms with Crippen molar-refractivity contribution in [2.75, 3.05) is 6.54 Å². The van der Waals surface area contributed by atoms with Crippen molar-refractivity contribution >= 4 is 29.5 Å². The predicted molar refractivity (Wildman–Crippen MR) is 107 cm³/mol. The smallest absolute Gasteiger partial charge is 0.460 e. The lowest BCUT2D eigenvalue weighted by atomic mass is 9.79. The van der Waals surface area contributed by atoms with E-state index in [4.69, 9.17) is 14.0 Å². The van der Waals surface area contributed by atoms with Crippen LogP contribution in [0, 0.1) is 0 Å². The Hall–Kier alpha value is -1.22. The molecule has 1 atom stereocenters. The molecule has 0 bridgehead atoms. The standard InChI is InChI=1S/C19H30BNO5S/c1-17(2,3)24-16(22)12-13-21-27(23)15-10-8-14(9-11-15)20-25-18(4,5)19(6,7)26-20/h8-11,21H,12-13H2,1-7H3. The first-order valence-electron chi connectivity index (χ1n) is 9.13. The van der Waals surface area contributed by atoms with E-state index in [9.17, 15) is 9.00 Å². The van der Waals surface area contributed by atoms with E-state index >= 15 is 0 Å². The second-order valence-electron chi connectivity index (χ2n) is 8.66. The van der Waals surface area contributed by atoms with Gasteiger partial charge in [0.25, 0.3) is 0 Å². The number of hydrogen-bond donors (Lipinski definition) is 1. The Balaban J connectivity index is 1.88. The molecule has 1 aromatic carbocycles. The number of carbonyl (C=O) groups excluding carboxylic acids is 1. The molecule has 1 aliphatic heterocycles. The van der Waals surface area contributed by atoms with Crippen molar-refractivity contribution in [1.82, 2.24) is 4.72 Å². The topological polar surface area (TPSA) is 73.9 Å². The van der Waals surface area contributed by atoms with Crippen molar-refractivity contribution in [2.45, 2.75) is 76.6 Å². The Bertz CT molecular complexity index is 681. The Morgan fingerprint density at radius 1 is 1.11 bits per heavy atom. The Kier molecular flexibility index (Phi) is 6.57. The summed E-state index contributed by atoms with van der Waals surface area (Å²) in [4.78, 5) is 12.3. The SMILES string of the molecule is CC(C)(C)OC(=O)CCNS(=O)c1ccc(B2OC(C)(C)C(C)(C)O2)cc1. The molecule has 8 heteroatoms. The summed E-state index contributed by atoms with van der Waals surface area (Å²) in [6.07, 6.45) is 0.162. The van der Waals surface area contributed by atoms with E-state index in [1.807, 2.05) is 60.6 Å². The van der Waals surface area contributed by atoms with Gasteiger partial charge >= 0.3 is 13.1 Å². The molecule has 1 unspecified atom stereocenters. The molecule has 1 heterocycles. The van der Waals surface area contributed by atoms with Crippen LogP contribution in [0.3, 0.4) is 0 Å². The first-order chi connectivity index (χ1) is 12.3. The van der Waals surface area contributed by atoms with E-state index in [0.717, 1.165) is 5.46 Å². The first-order valence-corrected chi connectivity index (χ1v) is 10.3. The summed E-state index contributed by atoms with van der Waals surface area (Å²) in [6.45, 7) is 13.8. The summed E-state index contributed by atoms with van der Waals surface area (Å²) >= 11 is 0. The van der Waals surface area contributed by atoms with Gasteiger partial charge in [-0.1, -0.05) is 12.1 Å². The lowest BCUT2D eigenvalue weighted by molar-refractivity contribution is -0.154. The van der Waals surface area contributed by atoms with Gasteiger partial charge < -0.3 is 14.0 Å². The van der Waals surface area contributed by atoms with Crippen molar-refractivity contribution in [3.63, 3.8) is 0 Å². The zero-order valence-corrected chi connectivity index (χ0v) is 18.1. The van der Waals surface area contributed by atoms with Gasteiger partial charge in [0, 0.05) is 6.54 Å². The summed E-state index contributed by atoms with van der Waals surface area (Å²) in [5.41, 5.74) is -0.437. The Labute approximate surface area is 165 Å². The maximum Gasteiger partial charge on any atom is 0.494 e. The van der Waals surface area contributed by atoms with Gasteiger partial charge in [0.05, 0.1) is 22.5 Å². The summed E-state index contributed by atoms with van der Waals surface area (Å²) in [5, 5.41) is 0. The monoisotopic (exact) mass is 395 g/mol. The molecule has 0 radical (unpaired) electrons. The molecule has 1 aliphatic rings. The molecule has 0 aromatic heterocycles. The highest BCUT2D eigenvalue weighted by Crippen LogP contribution is 2.36. The van der Waals surface area contributed by atoms with E-state index in [2.05, 4.69) is 4.72 Å². The summed E-state index contributed by atoms with van der Waals surface area (Å²) in [5.74, 6) is -0.317. The number of ether oxygens (including phenoxy) is 1. The fourth-order valence-corrected chi connectivity index (χ4v) is 3.29. The number of hydrogen-bond acceptors (Lipinski definition) is 5. The minimum absolute atomic E-state index is 0.162. The lowest BCUT2D eigenvalue weighted by Crippen LogP contribution is -2.41. The van der Waals surface area contributed by atoms with Crippen LogP contribution in [0.25, 0.3) is 0 Å². The van der Waals surface area contributed by atoms with Gasteiger partial charge in [0.1, 0.15) is 16.6 Å². The molecule has 1 aromatic rings. The predicted octanol–water partition coefficient (Wildman–Crippen LogP) is 2.33. The number of carbonyl (C=O) groups is 1. The third-order valence-electron chi connectivity index (χ3n) is 4.60. The maximum atomic E-state index is 12.3. The highest BCUT2D eigenvalue weighted by atomic mass is 32.2. The molecular weight excluding hydrogens is 365 g/mol. The van der Waals surface area contributed by atoms with Crippen LogP contribution in [0.4, 0.5) is 0 Å². The van der Waals surface area contributed by atoms with Crippen LogP contribution in [0.5, 0.6) is 0 Å². The molecule has 150 valence electrons.